The van der Waals surface area contributed by atoms with Crippen molar-refractivity contribution in [3.63, 3.8) is 0 Å². The lowest BCUT2D eigenvalue weighted by atomic mass is 10.2. The monoisotopic (exact) mass is 319 g/mol. The molecule has 1 N–H and O–H groups in total. The zero-order valence-electron chi connectivity index (χ0n) is 10.8. The van der Waals surface area contributed by atoms with E-state index in [1.807, 2.05) is 0 Å². The molecule has 1 fully saturated rings. The zero-order chi connectivity index (χ0) is 13.8. The number of halogens is 2. The first kappa shape index (κ1) is 16.7. The molecule has 8 heteroatoms. The molecule has 110 valence electrons. The van der Waals surface area contributed by atoms with E-state index < -0.39 is 5.97 Å². The number of ether oxygens (including phenoxy) is 1. The van der Waals surface area contributed by atoms with Crippen LogP contribution >= 0.6 is 24.0 Å². The normalized spacial score (nSPS) is 18.4. The van der Waals surface area contributed by atoms with Gasteiger partial charge in [0.05, 0.1) is 25.3 Å². The third-order valence-corrected chi connectivity index (χ3v) is 2.95. The van der Waals surface area contributed by atoms with Crippen LogP contribution < -0.4 is 10.2 Å². The van der Waals surface area contributed by atoms with Crippen LogP contribution in [0, 0.1) is 0 Å². The Morgan fingerprint density at radius 1 is 1.60 bits per heavy atom. The highest BCUT2D eigenvalue weighted by atomic mass is 35.5. The number of anilines is 1. The molecular formula is C12H15Cl2N3O3. The number of pyridine rings is 1. The Labute approximate surface area is 127 Å². The molecule has 0 bridgehead atoms. The summed E-state index contributed by atoms with van der Waals surface area (Å²) < 4.78 is 4.86. The van der Waals surface area contributed by atoms with Crippen molar-refractivity contribution >= 4 is 41.7 Å². The second-order valence-electron chi connectivity index (χ2n) is 3.98. The Balaban J connectivity index is 0.00000200. The van der Waals surface area contributed by atoms with Crippen molar-refractivity contribution in [2.75, 3.05) is 24.6 Å². The van der Waals surface area contributed by atoms with E-state index in [9.17, 15) is 9.59 Å². The lowest BCUT2D eigenvalue weighted by molar-refractivity contribution is -0.118. The quantitative estimate of drug-likeness (QED) is 0.514. The van der Waals surface area contributed by atoms with Gasteiger partial charge in [0, 0.05) is 6.20 Å². The molecule has 0 spiro atoms. The van der Waals surface area contributed by atoms with Crippen molar-refractivity contribution in [3.05, 3.63) is 23.9 Å². The summed E-state index contributed by atoms with van der Waals surface area (Å²) in [4.78, 5) is 28.8. The molecule has 0 aromatic carbocycles. The maximum Gasteiger partial charge on any atom is 0.339 e. The second-order valence-corrected chi connectivity index (χ2v) is 4.51. The fourth-order valence-corrected chi connectivity index (χ4v) is 1.94. The average Bonchev–Trinajstić information content (AvgIpc) is 2.42. The van der Waals surface area contributed by atoms with Gasteiger partial charge in [0.15, 0.2) is 0 Å². The van der Waals surface area contributed by atoms with Crippen LogP contribution in [0.4, 0.5) is 5.82 Å². The van der Waals surface area contributed by atoms with Crippen LogP contribution in [0.15, 0.2) is 18.3 Å². The van der Waals surface area contributed by atoms with Crippen molar-refractivity contribution in [1.82, 2.24) is 10.3 Å². The minimum Gasteiger partial charge on any atom is -0.462 e. The van der Waals surface area contributed by atoms with Crippen molar-refractivity contribution in [1.29, 1.82) is 0 Å². The van der Waals surface area contributed by atoms with Gasteiger partial charge >= 0.3 is 5.97 Å². The van der Waals surface area contributed by atoms with Gasteiger partial charge in [-0.05, 0) is 19.1 Å². The molecule has 1 aromatic heterocycles. The van der Waals surface area contributed by atoms with E-state index in [-0.39, 0.29) is 30.4 Å². The van der Waals surface area contributed by atoms with Gasteiger partial charge in [-0.3, -0.25) is 15.0 Å². The molecule has 2 heterocycles. The number of aromatic nitrogens is 1. The molecule has 0 radical (unpaired) electrons. The van der Waals surface area contributed by atoms with E-state index in [1.165, 1.54) is 11.1 Å². The SMILES string of the molecule is CCOC(=O)c1ccc(N2CC(Cl)NCC2=O)nc1.Cl. The third-order valence-electron chi connectivity index (χ3n) is 2.65. The fraction of sp³-hybridized carbons (Fsp3) is 0.417. The summed E-state index contributed by atoms with van der Waals surface area (Å²) in [5.41, 5.74) is 0.0554. The van der Waals surface area contributed by atoms with Crippen molar-refractivity contribution in [3.8, 4) is 0 Å². The number of nitrogens with one attached hydrogen (secondary N) is 1. The number of nitrogens with zero attached hydrogens (tertiary/aromatic N) is 2. The van der Waals surface area contributed by atoms with Gasteiger partial charge in [-0.15, -0.1) is 24.0 Å². The van der Waals surface area contributed by atoms with Crippen LogP contribution in [0.25, 0.3) is 0 Å². The van der Waals surface area contributed by atoms with Crippen molar-refractivity contribution in [2.24, 2.45) is 0 Å². The molecule has 1 saturated heterocycles. The van der Waals surface area contributed by atoms with E-state index in [1.54, 1.807) is 19.1 Å². The summed E-state index contributed by atoms with van der Waals surface area (Å²) in [7, 11) is 0. The van der Waals surface area contributed by atoms with E-state index >= 15 is 0 Å². The van der Waals surface area contributed by atoms with Crippen LogP contribution in [0.2, 0.25) is 0 Å². The van der Waals surface area contributed by atoms with E-state index in [0.29, 0.717) is 24.5 Å². The van der Waals surface area contributed by atoms with Gasteiger partial charge in [0.1, 0.15) is 11.3 Å². The molecule has 0 saturated carbocycles. The van der Waals surface area contributed by atoms with Gasteiger partial charge in [0.25, 0.3) is 0 Å². The zero-order valence-corrected chi connectivity index (χ0v) is 12.4. The minimum absolute atomic E-state index is 0. The molecule has 1 aliphatic rings. The number of carbonyl (C=O) groups is 2. The number of amides is 1. The Kier molecular flexibility index (Phi) is 6.19. The summed E-state index contributed by atoms with van der Waals surface area (Å²) >= 11 is 5.94. The number of hydrogen-bond donors (Lipinski definition) is 1. The van der Waals surface area contributed by atoms with Gasteiger partial charge in [-0.2, -0.15) is 0 Å². The molecule has 1 aromatic rings. The standard InChI is InChI=1S/C12H14ClN3O3.ClH/c1-2-19-12(18)8-3-4-10(15-5-8)16-7-9(13)14-6-11(16)17;/h3-5,9,14H,2,6-7H2,1H3;1H. The van der Waals surface area contributed by atoms with Gasteiger partial charge in [0.2, 0.25) is 5.91 Å². The lowest BCUT2D eigenvalue weighted by Crippen LogP contribution is -2.52. The Hall–Kier alpha value is -1.37. The summed E-state index contributed by atoms with van der Waals surface area (Å²) in [6.07, 6.45) is 1.39. The molecule has 6 nitrogen and oxygen atoms in total. The molecule has 0 aliphatic carbocycles. The van der Waals surface area contributed by atoms with Crippen molar-refractivity contribution < 1.29 is 14.3 Å². The number of carbonyl (C=O) groups excluding carboxylic acids is 2. The number of alkyl halides is 1. The van der Waals surface area contributed by atoms with Gasteiger partial charge in [-0.25, -0.2) is 9.78 Å². The van der Waals surface area contributed by atoms with Crippen LogP contribution in [0.5, 0.6) is 0 Å². The Morgan fingerprint density at radius 3 is 2.95 bits per heavy atom. The molecule has 1 atom stereocenters. The van der Waals surface area contributed by atoms with E-state index in [0.717, 1.165) is 0 Å². The molecule has 1 unspecified atom stereocenters. The predicted molar refractivity (Wildman–Crippen MR) is 77.4 cm³/mol. The van der Waals surface area contributed by atoms with Crippen LogP contribution in [-0.4, -0.2) is 42.1 Å². The molecule has 1 amide bonds. The van der Waals surface area contributed by atoms with Gasteiger partial charge < -0.3 is 4.74 Å². The molecule has 2 rings (SSSR count). The first-order valence-electron chi connectivity index (χ1n) is 5.93. The predicted octanol–water partition coefficient (Wildman–Crippen LogP) is 1.18. The molecule has 1 aliphatic heterocycles. The van der Waals surface area contributed by atoms with Crippen molar-refractivity contribution in [2.45, 2.75) is 12.4 Å². The average molecular weight is 320 g/mol. The largest absolute Gasteiger partial charge is 0.462 e. The first-order valence-corrected chi connectivity index (χ1v) is 6.36. The topological polar surface area (TPSA) is 71.5 Å². The Morgan fingerprint density at radius 2 is 2.35 bits per heavy atom. The summed E-state index contributed by atoms with van der Waals surface area (Å²) in [5, 5.41) is 2.85. The molecule has 20 heavy (non-hydrogen) atoms. The number of rotatable bonds is 3. The third kappa shape index (κ3) is 3.82. The Bertz CT molecular complexity index is 481. The fourth-order valence-electron chi connectivity index (χ4n) is 1.72. The maximum atomic E-state index is 11.7. The van der Waals surface area contributed by atoms with Crippen LogP contribution in [0.3, 0.4) is 0 Å². The number of hydrogen-bond acceptors (Lipinski definition) is 5. The summed E-state index contributed by atoms with van der Waals surface area (Å²) in [5.74, 6) is -0.0538. The van der Waals surface area contributed by atoms with E-state index in [2.05, 4.69) is 10.3 Å². The first-order chi connectivity index (χ1) is 9.11. The van der Waals surface area contributed by atoms with Crippen LogP contribution in [0.1, 0.15) is 17.3 Å². The molecular weight excluding hydrogens is 305 g/mol. The van der Waals surface area contributed by atoms with Gasteiger partial charge in [-0.1, -0.05) is 0 Å². The van der Waals surface area contributed by atoms with Crippen LogP contribution in [-0.2, 0) is 9.53 Å². The van der Waals surface area contributed by atoms with E-state index in [4.69, 9.17) is 16.3 Å². The summed E-state index contributed by atoms with van der Waals surface area (Å²) in [6, 6.07) is 3.19. The lowest BCUT2D eigenvalue weighted by Gasteiger charge is -2.29. The smallest absolute Gasteiger partial charge is 0.339 e. The highest BCUT2D eigenvalue weighted by Gasteiger charge is 2.25. The number of piperazine rings is 1. The minimum atomic E-state index is -0.427. The highest BCUT2D eigenvalue weighted by molar-refractivity contribution is 6.21. The maximum absolute atomic E-state index is 11.7. The number of esters is 1. The second kappa shape index (κ2) is 7.42. The summed E-state index contributed by atoms with van der Waals surface area (Å²) in [6.45, 7) is 2.56. The highest BCUT2D eigenvalue weighted by Crippen LogP contribution is 2.15.